The van der Waals surface area contributed by atoms with Crippen molar-refractivity contribution in [1.82, 2.24) is 15.2 Å². The predicted octanol–water partition coefficient (Wildman–Crippen LogP) is 1.61. The number of nitro groups is 1. The lowest BCUT2D eigenvalue weighted by molar-refractivity contribution is -0.385. The fraction of sp³-hybridized carbons (Fsp3) is 0.154. The second kappa shape index (κ2) is 6.88. The van der Waals surface area contributed by atoms with Crippen LogP contribution in [0.1, 0.15) is 11.3 Å². The zero-order valence-electron chi connectivity index (χ0n) is 11.9. The van der Waals surface area contributed by atoms with E-state index in [1.165, 1.54) is 10.7 Å². The number of phenolic OH excluding ortho intramolecular Hbond substituents is 1. The van der Waals surface area contributed by atoms with Crippen LogP contribution in [0.5, 0.6) is 5.75 Å². The van der Waals surface area contributed by atoms with Crippen molar-refractivity contribution in [1.29, 1.82) is 0 Å². The van der Waals surface area contributed by atoms with E-state index in [2.05, 4.69) is 15.6 Å². The highest BCUT2D eigenvalue weighted by Gasteiger charge is 2.17. The number of carbonyl (C=O) groups is 1. The molecular formula is C13H12ClN5O4. The molecule has 2 N–H and O–H groups in total. The zero-order valence-corrected chi connectivity index (χ0v) is 12.7. The largest absolute Gasteiger partial charge is 0.502 e. The summed E-state index contributed by atoms with van der Waals surface area (Å²) in [5.74, 6) is -1.03. The predicted molar refractivity (Wildman–Crippen MR) is 82.5 cm³/mol. The third-order valence-corrected chi connectivity index (χ3v) is 2.97. The quantitative estimate of drug-likeness (QED) is 0.487. The van der Waals surface area contributed by atoms with Gasteiger partial charge in [0.15, 0.2) is 0 Å². The fourth-order valence-corrected chi connectivity index (χ4v) is 1.97. The molecule has 1 amide bonds. The number of benzene rings is 1. The molecule has 1 aromatic carbocycles. The maximum atomic E-state index is 11.7. The Balaban J connectivity index is 2.05. The Morgan fingerprint density at radius 1 is 1.61 bits per heavy atom. The summed E-state index contributed by atoms with van der Waals surface area (Å²) < 4.78 is 1.43. The topological polar surface area (TPSA) is 123 Å². The summed E-state index contributed by atoms with van der Waals surface area (Å²) in [5, 5.41) is 28.3. The van der Waals surface area contributed by atoms with Gasteiger partial charge in [-0.1, -0.05) is 11.6 Å². The lowest BCUT2D eigenvalue weighted by Gasteiger charge is -2.02. The van der Waals surface area contributed by atoms with Gasteiger partial charge in [-0.3, -0.25) is 19.6 Å². The van der Waals surface area contributed by atoms with Crippen molar-refractivity contribution in [2.75, 3.05) is 0 Å². The number of aromatic hydroxyl groups is 1. The molecule has 9 nitrogen and oxygen atoms in total. The van der Waals surface area contributed by atoms with Crippen LogP contribution in [0.2, 0.25) is 5.02 Å². The molecule has 1 heterocycles. The van der Waals surface area contributed by atoms with Crippen LogP contribution in [0.25, 0.3) is 0 Å². The van der Waals surface area contributed by atoms with E-state index in [0.717, 1.165) is 18.0 Å². The molecule has 0 radical (unpaired) electrons. The summed E-state index contributed by atoms with van der Waals surface area (Å²) in [5.41, 5.74) is 2.47. The van der Waals surface area contributed by atoms with Gasteiger partial charge < -0.3 is 5.11 Å². The minimum atomic E-state index is -0.767. The van der Waals surface area contributed by atoms with Crippen LogP contribution in [0.3, 0.4) is 0 Å². The van der Waals surface area contributed by atoms with Gasteiger partial charge in [0.2, 0.25) is 5.75 Å². The van der Waals surface area contributed by atoms with Gasteiger partial charge in [0.05, 0.1) is 16.8 Å². The van der Waals surface area contributed by atoms with Crippen LogP contribution in [-0.2, 0) is 11.3 Å². The molecule has 2 rings (SSSR count). The molecule has 0 bridgehead atoms. The number of nitrogens with zero attached hydrogens (tertiary/aromatic N) is 4. The molecule has 0 fully saturated rings. The van der Waals surface area contributed by atoms with Gasteiger partial charge >= 0.3 is 5.69 Å². The number of amides is 1. The van der Waals surface area contributed by atoms with E-state index in [-0.39, 0.29) is 17.1 Å². The first-order valence-corrected chi connectivity index (χ1v) is 6.73. The molecule has 0 saturated carbocycles. The van der Waals surface area contributed by atoms with Crippen LogP contribution in [0.4, 0.5) is 5.69 Å². The van der Waals surface area contributed by atoms with Crippen molar-refractivity contribution in [3.63, 3.8) is 0 Å². The maximum Gasteiger partial charge on any atom is 0.312 e. The van der Waals surface area contributed by atoms with Crippen molar-refractivity contribution in [3.8, 4) is 5.75 Å². The van der Waals surface area contributed by atoms with Crippen LogP contribution in [-0.4, -0.2) is 31.9 Å². The Morgan fingerprint density at radius 3 is 2.96 bits per heavy atom. The standard InChI is InChI=1S/C13H12ClN5O4/c1-8-2-3-18(17-8)7-12(20)16-15-6-9-4-10(14)5-11(13(9)21)19(22)23/h2-6,21H,7H2,1H3,(H,16,20). The molecule has 0 aliphatic heterocycles. The van der Waals surface area contributed by atoms with E-state index in [4.69, 9.17) is 11.6 Å². The summed E-state index contributed by atoms with van der Waals surface area (Å²) in [6.45, 7) is 1.76. The van der Waals surface area contributed by atoms with Gasteiger partial charge in [-0.2, -0.15) is 10.2 Å². The molecule has 0 aliphatic carbocycles. The second-order valence-electron chi connectivity index (χ2n) is 4.57. The van der Waals surface area contributed by atoms with Crippen molar-refractivity contribution in [3.05, 3.63) is 50.8 Å². The number of rotatable bonds is 5. The number of hydrazone groups is 1. The SMILES string of the molecule is Cc1ccn(CC(=O)NN=Cc2cc(Cl)cc([N+](=O)[O-])c2O)n1. The molecule has 120 valence electrons. The Morgan fingerprint density at radius 2 is 2.35 bits per heavy atom. The van der Waals surface area contributed by atoms with Gasteiger partial charge in [0.25, 0.3) is 5.91 Å². The average Bonchev–Trinajstić information content (AvgIpc) is 2.87. The van der Waals surface area contributed by atoms with Crippen molar-refractivity contribution in [2.45, 2.75) is 13.5 Å². The fourth-order valence-electron chi connectivity index (χ4n) is 1.75. The summed E-state index contributed by atoms with van der Waals surface area (Å²) in [7, 11) is 0. The number of aromatic nitrogens is 2. The molecule has 1 aromatic heterocycles. The molecule has 10 heteroatoms. The average molecular weight is 338 g/mol. The number of nitrogens with one attached hydrogen (secondary N) is 1. The number of nitro benzene ring substituents is 1. The first-order chi connectivity index (χ1) is 10.9. The smallest absolute Gasteiger partial charge is 0.312 e. The third kappa shape index (κ3) is 4.27. The number of aryl methyl sites for hydroxylation is 1. The minimum absolute atomic E-state index is 0.0134. The lowest BCUT2D eigenvalue weighted by atomic mass is 10.2. The van der Waals surface area contributed by atoms with Crippen molar-refractivity contribution < 1.29 is 14.8 Å². The van der Waals surface area contributed by atoms with E-state index < -0.39 is 22.3 Å². The molecule has 0 unspecified atom stereocenters. The summed E-state index contributed by atoms with van der Waals surface area (Å²) >= 11 is 5.74. The maximum absolute atomic E-state index is 11.7. The van der Waals surface area contributed by atoms with Gasteiger partial charge in [-0.15, -0.1) is 0 Å². The van der Waals surface area contributed by atoms with Gasteiger partial charge in [-0.25, -0.2) is 5.43 Å². The van der Waals surface area contributed by atoms with E-state index in [9.17, 15) is 20.0 Å². The second-order valence-corrected chi connectivity index (χ2v) is 5.00. The molecule has 0 atom stereocenters. The Bertz CT molecular complexity index is 787. The molecular weight excluding hydrogens is 326 g/mol. The Hall–Kier alpha value is -2.94. The lowest BCUT2D eigenvalue weighted by Crippen LogP contribution is -2.23. The van der Waals surface area contributed by atoms with E-state index >= 15 is 0 Å². The highest BCUT2D eigenvalue weighted by Crippen LogP contribution is 2.32. The monoisotopic (exact) mass is 337 g/mol. The van der Waals surface area contributed by atoms with Gasteiger partial charge in [0, 0.05) is 22.8 Å². The van der Waals surface area contributed by atoms with E-state index in [1.54, 1.807) is 19.2 Å². The third-order valence-electron chi connectivity index (χ3n) is 2.75. The van der Waals surface area contributed by atoms with Crippen molar-refractivity contribution >= 4 is 29.4 Å². The van der Waals surface area contributed by atoms with Crippen LogP contribution in [0.15, 0.2) is 29.5 Å². The zero-order chi connectivity index (χ0) is 17.0. The van der Waals surface area contributed by atoms with Crippen LogP contribution < -0.4 is 5.43 Å². The first kappa shape index (κ1) is 16.4. The molecule has 0 aliphatic rings. The first-order valence-electron chi connectivity index (χ1n) is 6.35. The minimum Gasteiger partial charge on any atom is -0.502 e. The highest BCUT2D eigenvalue weighted by molar-refractivity contribution is 6.31. The normalized spacial score (nSPS) is 10.9. The number of carbonyl (C=O) groups excluding carboxylic acids is 1. The number of hydrogen-bond acceptors (Lipinski definition) is 6. The Labute approximate surface area is 135 Å². The van der Waals surface area contributed by atoms with Gasteiger partial charge in [-0.05, 0) is 19.1 Å². The summed E-state index contributed by atoms with van der Waals surface area (Å²) in [6, 6.07) is 4.06. The molecule has 0 saturated heterocycles. The summed E-state index contributed by atoms with van der Waals surface area (Å²) in [6.07, 6.45) is 2.71. The summed E-state index contributed by atoms with van der Waals surface area (Å²) in [4.78, 5) is 21.7. The number of halogens is 1. The van der Waals surface area contributed by atoms with E-state index in [0.29, 0.717) is 0 Å². The van der Waals surface area contributed by atoms with Crippen LogP contribution in [0, 0.1) is 17.0 Å². The molecule has 0 spiro atoms. The highest BCUT2D eigenvalue weighted by atomic mass is 35.5. The number of hydrogen-bond donors (Lipinski definition) is 2. The number of phenols is 1. The van der Waals surface area contributed by atoms with Crippen molar-refractivity contribution in [2.24, 2.45) is 5.10 Å². The Kier molecular flexibility index (Phi) is 4.91. The van der Waals surface area contributed by atoms with Crippen LogP contribution >= 0.6 is 11.6 Å². The molecule has 2 aromatic rings. The molecule has 23 heavy (non-hydrogen) atoms. The van der Waals surface area contributed by atoms with E-state index in [1.807, 2.05) is 0 Å². The van der Waals surface area contributed by atoms with Gasteiger partial charge in [0.1, 0.15) is 6.54 Å².